The summed E-state index contributed by atoms with van der Waals surface area (Å²) in [5.41, 5.74) is 2.23. The molecule has 0 saturated heterocycles. The van der Waals surface area contributed by atoms with E-state index in [2.05, 4.69) is 34.5 Å². The van der Waals surface area contributed by atoms with Gasteiger partial charge in [-0.15, -0.1) is 0 Å². The number of nitrogens with zero attached hydrogens (tertiary/aromatic N) is 2. The van der Waals surface area contributed by atoms with Crippen LogP contribution in [0.5, 0.6) is 0 Å². The van der Waals surface area contributed by atoms with E-state index in [1.165, 1.54) is 18.4 Å². The van der Waals surface area contributed by atoms with Gasteiger partial charge in [-0.25, -0.2) is 0 Å². The van der Waals surface area contributed by atoms with Crippen molar-refractivity contribution in [3.8, 4) is 11.4 Å². The Labute approximate surface area is 106 Å². The predicted molar refractivity (Wildman–Crippen MR) is 68.9 cm³/mol. The number of aryl methyl sites for hydroxylation is 1. The van der Waals surface area contributed by atoms with Gasteiger partial charge in [0, 0.05) is 5.56 Å². The Bertz CT molecular complexity index is 514. The molecule has 0 unspecified atom stereocenters. The molecule has 2 aromatic rings. The molecule has 94 valence electrons. The lowest BCUT2D eigenvalue weighted by molar-refractivity contribution is 0.367. The first kappa shape index (κ1) is 11.4. The van der Waals surface area contributed by atoms with Crippen LogP contribution < -0.4 is 5.32 Å². The fraction of sp³-hybridized carbons (Fsp3) is 0.429. The van der Waals surface area contributed by atoms with Crippen molar-refractivity contribution in [3.05, 3.63) is 35.7 Å². The van der Waals surface area contributed by atoms with Crippen LogP contribution >= 0.6 is 0 Å². The lowest BCUT2D eigenvalue weighted by Crippen LogP contribution is -2.16. The zero-order valence-corrected chi connectivity index (χ0v) is 10.5. The van der Waals surface area contributed by atoms with Crippen LogP contribution in [-0.4, -0.2) is 16.7 Å². The van der Waals surface area contributed by atoms with Crippen LogP contribution in [0.3, 0.4) is 0 Å². The van der Waals surface area contributed by atoms with E-state index in [0.29, 0.717) is 18.3 Å². The van der Waals surface area contributed by atoms with Crippen LogP contribution in [0.2, 0.25) is 0 Å². The summed E-state index contributed by atoms with van der Waals surface area (Å²) >= 11 is 0. The Hall–Kier alpha value is -1.68. The number of hydrogen-bond donors (Lipinski definition) is 1. The molecule has 1 aromatic heterocycles. The maximum absolute atomic E-state index is 5.23. The third-order valence-electron chi connectivity index (χ3n) is 3.18. The van der Waals surface area contributed by atoms with Crippen LogP contribution in [0.1, 0.15) is 24.3 Å². The van der Waals surface area contributed by atoms with Crippen molar-refractivity contribution in [1.82, 2.24) is 15.5 Å². The van der Waals surface area contributed by atoms with E-state index in [1.807, 2.05) is 12.1 Å². The molecule has 1 aliphatic carbocycles. The molecule has 1 fully saturated rings. The minimum absolute atomic E-state index is 0.659. The molecule has 1 saturated carbocycles. The Morgan fingerprint density at radius 3 is 2.78 bits per heavy atom. The molecule has 4 nitrogen and oxygen atoms in total. The van der Waals surface area contributed by atoms with Crippen molar-refractivity contribution < 1.29 is 4.52 Å². The molecular weight excluding hydrogens is 226 g/mol. The lowest BCUT2D eigenvalue weighted by atomic mass is 10.1. The summed E-state index contributed by atoms with van der Waals surface area (Å²) < 4.78 is 5.23. The molecule has 0 radical (unpaired) electrons. The second kappa shape index (κ2) is 4.90. The van der Waals surface area contributed by atoms with E-state index in [1.54, 1.807) is 0 Å². The fourth-order valence-corrected chi connectivity index (χ4v) is 1.85. The SMILES string of the molecule is Cc1ccc(-c2noc(CNCC3CC3)n2)cc1. The minimum atomic E-state index is 0.659. The Balaban J connectivity index is 1.62. The normalized spacial score (nSPS) is 14.9. The average molecular weight is 243 g/mol. The second-order valence-corrected chi connectivity index (χ2v) is 4.95. The summed E-state index contributed by atoms with van der Waals surface area (Å²) in [6, 6.07) is 8.14. The number of hydrogen-bond acceptors (Lipinski definition) is 4. The predicted octanol–water partition coefficient (Wildman–Crippen LogP) is 2.54. The number of nitrogens with one attached hydrogen (secondary N) is 1. The molecule has 1 heterocycles. The highest BCUT2D eigenvalue weighted by molar-refractivity contribution is 5.54. The maximum atomic E-state index is 5.23. The molecule has 0 spiro atoms. The van der Waals surface area contributed by atoms with Crippen LogP contribution in [-0.2, 0) is 6.54 Å². The molecule has 1 aliphatic rings. The topological polar surface area (TPSA) is 51.0 Å². The van der Waals surface area contributed by atoms with Gasteiger partial charge in [-0.05, 0) is 32.2 Å². The van der Waals surface area contributed by atoms with Gasteiger partial charge < -0.3 is 9.84 Å². The quantitative estimate of drug-likeness (QED) is 0.876. The summed E-state index contributed by atoms with van der Waals surface area (Å²) in [6.07, 6.45) is 2.71. The zero-order chi connectivity index (χ0) is 12.4. The van der Waals surface area contributed by atoms with Gasteiger partial charge >= 0.3 is 0 Å². The molecule has 18 heavy (non-hydrogen) atoms. The number of aromatic nitrogens is 2. The first-order valence-electron chi connectivity index (χ1n) is 6.41. The third kappa shape index (κ3) is 2.76. The highest BCUT2D eigenvalue weighted by atomic mass is 16.5. The third-order valence-corrected chi connectivity index (χ3v) is 3.18. The summed E-state index contributed by atoms with van der Waals surface area (Å²) in [5.74, 6) is 2.19. The molecule has 0 atom stereocenters. The van der Waals surface area contributed by atoms with Crippen molar-refractivity contribution >= 4 is 0 Å². The first-order chi connectivity index (χ1) is 8.81. The second-order valence-electron chi connectivity index (χ2n) is 4.95. The lowest BCUT2D eigenvalue weighted by Gasteiger charge is -1.97. The monoisotopic (exact) mass is 243 g/mol. The van der Waals surface area contributed by atoms with Crippen molar-refractivity contribution in [2.75, 3.05) is 6.54 Å². The molecule has 0 amide bonds. The van der Waals surface area contributed by atoms with Crippen LogP contribution in [0.15, 0.2) is 28.8 Å². The van der Waals surface area contributed by atoms with E-state index in [-0.39, 0.29) is 0 Å². The fourth-order valence-electron chi connectivity index (χ4n) is 1.85. The highest BCUT2D eigenvalue weighted by Gasteiger charge is 2.20. The van der Waals surface area contributed by atoms with Gasteiger partial charge in [0.2, 0.25) is 11.7 Å². The molecule has 0 bridgehead atoms. The van der Waals surface area contributed by atoms with Gasteiger partial charge in [-0.1, -0.05) is 35.0 Å². The van der Waals surface area contributed by atoms with E-state index >= 15 is 0 Å². The number of rotatable bonds is 5. The van der Waals surface area contributed by atoms with Gasteiger partial charge in [0.05, 0.1) is 6.54 Å². The van der Waals surface area contributed by atoms with Gasteiger partial charge in [0.15, 0.2) is 0 Å². The standard InChI is InChI=1S/C14H17N3O/c1-10-2-6-12(7-3-10)14-16-13(18-17-14)9-15-8-11-4-5-11/h2-3,6-7,11,15H,4-5,8-9H2,1H3. The van der Waals surface area contributed by atoms with E-state index in [0.717, 1.165) is 18.0 Å². The Kier molecular flexibility index (Phi) is 3.11. The van der Waals surface area contributed by atoms with Crippen LogP contribution in [0, 0.1) is 12.8 Å². The maximum Gasteiger partial charge on any atom is 0.240 e. The zero-order valence-electron chi connectivity index (χ0n) is 10.5. The Morgan fingerprint density at radius 1 is 1.28 bits per heavy atom. The molecule has 1 aromatic carbocycles. The molecule has 4 heteroatoms. The van der Waals surface area contributed by atoms with Crippen LogP contribution in [0.25, 0.3) is 11.4 Å². The molecule has 3 rings (SSSR count). The van der Waals surface area contributed by atoms with E-state index in [4.69, 9.17) is 4.52 Å². The van der Waals surface area contributed by atoms with Crippen molar-refractivity contribution in [2.24, 2.45) is 5.92 Å². The largest absolute Gasteiger partial charge is 0.338 e. The Morgan fingerprint density at radius 2 is 2.06 bits per heavy atom. The van der Waals surface area contributed by atoms with Crippen molar-refractivity contribution in [3.63, 3.8) is 0 Å². The van der Waals surface area contributed by atoms with E-state index < -0.39 is 0 Å². The van der Waals surface area contributed by atoms with E-state index in [9.17, 15) is 0 Å². The minimum Gasteiger partial charge on any atom is -0.338 e. The van der Waals surface area contributed by atoms with Crippen molar-refractivity contribution in [1.29, 1.82) is 0 Å². The molecule has 0 aliphatic heterocycles. The average Bonchev–Trinajstić information content (AvgIpc) is 3.08. The van der Waals surface area contributed by atoms with Crippen molar-refractivity contribution in [2.45, 2.75) is 26.3 Å². The highest BCUT2D eigenvalue weighted by Crippen LogP contribution is 2.27. The summed E-state index contributed by atoms with van der Waals surface area (Å²) in [4.78, 5) is 4.39. The van der Waals surface area contributed by atoms with Gasteiger partial charge in [-0.3, -0.25) is 0 Å². The van der Waals surface area contributed by atoms with Gasteiger partial charge in [-0.2, -0.15) is 4.98 Å². The summed E-state index contributed by atoms with van der Waals surface area (Å²) in [7, 11) is 0. The molecule has 1 N–H and O–H groups in total. The number of benzene rings is 1. The van der Waals surface area contributed by atoms with Gasteiger partial charge in [0.1, 0.15) is 0 Å². The molecular formula is C14H17N3O. The van der Waals surface area contributed by atoms with Crippen LogP contribution in [0.4, 0.5) is 0 Å². The van der Waals surface area contributed by atoms with Gasteiger partial charge in [0.25, 0.3) is 0 Å². The summed E-state index contributed by atoms with van der Waals surface area (Å²) in [5, 5.41) is 7.34. The summed E-state index contributed by atoms with van der Waals surface area (Å²) in [6.45, 7) is 3.78. The smallest absolute Gasteiger partial charge is 0.240 e. The first-order valence-corrected chi connectivity index (χ1v) is 6.41.